The lowest BCUT2D eigenvalue weighted by Crippen LogP contribution is -2.14. The van der Waals surface area contributed by atoms with E-state index < -0.39 is 12.6 Å². The Morgan fingerprint density at radius 2 is 1.60 bits per heavy atom. The minimum Gasteiger partial charge on any atom is -0.457 e. The first-order valence-electron chi connectivity index (χ1n) is 6.16. The van der Waals surface area contributed by atoms with Crippen molar-refractivity contribution < 1.29 is 17.9 Å². The zero-order valence-corrected chi connectivity index (χ0v) is 10.7. The summed E-state index contributed by atoms with van der Waals surface area (Å²) < 4.78 is 41.8. The Balaban J connectivity index is 1.94. The van der Waals surface area contributed by atoms with E-state index in [1.54, 1.807) is 24.3 Å². The molecular weight excluding hydrogens is 267 g/mol. The van der Waals surface area contributed by atoms with Crippen molar-refractivity contribution in [3.63, 3.8) is 0 Å². The molecule has 0 atom stereocenters. The predicted octanol–water partition coefficient (Wildman–Crippen LogP) is 4.84. The molecule has 2 aromatic rings. The van der Waals surface area contributed by atoms with Crippen LogP contribution in [-0.4, -0.2) is 12.7 Å². The molecule has 2 aromatic carbocycles. The van der Waals surface area contributed by atoms with E-state index in [1.807, 2.05) is 30.3 Å². The molecule has 5 heteroatoms. The molecule has 0 radical (unpaired) electrons. The van der Waals surface area contributed by atoms with Gasteiger partial charge in [0.2, 0.25) is 0 Å². The van der Waals surface area contributed by atoms with Gasteiger partial charge < -0.3 is 10.1 Å². The fraction of sp³-hybridized carbons (Fsp3) is 0.200. The van der Waals surface area contributed by atoms with Crippen molar-refractivity contribution in [3.8, 4) is 11.5 Å². The second-order valence-corrected chi connectivity index (χ2v) is 4.23. The minimum atomic E-state index is -4.15. The number of anilines is 1. The van der Waals surface area contributed by atoms with Crippen molar-refractivity contribution in [1.29, 1.82) is 0 Å². The van der Waals surface area contributed by atoms with Crippen LogP contribution in [0.5, 0.6) is 11.5 Å². The number of nitrogens with one attached hydrogen (secondary N) is 1. The lowest BCUT2D eigenvalue weighted by atomic mass is 10.3. The average Bonchev–Trinajstić information content (AvgIpc) is 2.39. The van der Waals surface area contributed by atoms with Gasteiger partial charge in [0.25, 0.3) is 0 Å². The van der Waals surface area contributed by atoms with Gasteiger partial charge in [0.1, 0.15) is 11.5 Å². The summed E-state index contributed by atoms with van der Waals surface area (Å²) in [4.78, 5) is 0. The summed E-state index contributed by atoms with van der Waals surface area (Å²) in [7, 11) is 0. The van der Waals surface area contributed by atoms with Gasteiger partial charge in [-0.2, -0.15) is 13.2 Å². The van der Waals surface area contributed by atoms with Gasteiger partial charge in [-0.3, -0.25) is 0 Å². The van der Waals surface area contributed by atoms with Crippen LogP contribution in [0.4, 0.5) is 18.9 Å². The molecule has 0 spiro atoms. The fourth-order valence-corrected chi connectivity index (χ4v) is 1.64. The predicted molar refractivity (Wildman–Crippen MR) is 72.1 cm³/mol. The smallest absolute Gasteiger partial charge is 0.390 e. The van der Waals surface area contributed by atoms with E-state index in [2.05, 4.69) is 5.32 Å². The van der Waals surface area contributed by atoms with E-state index in [4.69, 9.17) is 4.74 Å². The third-order valence-corrected chi connectivity index (χ3v) is 2.55. The summed E-state index contributed by atoms with van der Waals surface area (Å²) in [6.45, 7) is -0.154. The standard InChI is InChI=1S/C15H14F3NO/c16-15(17,18)9-10-19-12-5-4-8-14(11-12)20-13-6-2-1-3-7-13/h1-8,11,19H,9-10H2. The highest BCUT2D eigenvalue weighted by Crippen LogP contribution is 2.24. The normalized spacial score (nSPS) is 11.2. The second-order valence-electron chi connectivity index (χ2n) is 4.23. The first-order chi connectivity index (χ1) is 9.53. The second kappa shape index (κ2) is 6.32. The first kappa shape index (κ1) is 14.2. The Morgan fingerprint density at radius 3 is 2.30 bits per heavy atom. The number of hydrogen-bond acceptors (Lipinski definition) is 2. The summed E-state index contributed by atoms with van der Waals surface area (Å²) in [6.07, 6.45) is -5.01. The van der Waals surface area contributed by atoms with E-state index >= 15 is 0 Å². The molecule has 0 bridgehead atoms. The van der Waals surface area contributed by atoms with Crippen LogP contribution >= 0.6 is 0 Å². The Hall–Kier alpha value is -2.17. The molecular formula is C15H14F3NO. The molecule has 0 fully saturated rings. The number of halogens is 3. The maximum Gasteiger partial charge on any atom is 0.390 e. The topological polar surface area (TPSA) is 21.3 Å². The molecule has 20 heavy (non-hydrogen) atoms. The molecule has 0 aliphatic carbocycles. The highest BCUT2D eigenvalue weighted by Gasteiger charge is 2.26. The van der Waals surface area contributed by atoms with Crippen LogP contribution in [0.1, 0.15) is 6.42 Å². The molecule has 0 aliphatic rings. The summed E-state index contributed by atoms with van der Waals surface area (Å²) in [6, 6.07) is 16.0. The van der Waals surface area contributed by atoms with Gasteiger partial charge in [0, 0.05) is 18.3 Å². The molecule has 0 saturated heterocycles. The van der Waals surface area contributed by atoms with E-state index in [0.29, 0.717) is 17.2 Å². The van der Waals surface area contributed by atoms with Crippen molar-refractivity contribution in [2.45, 2.75) is 12.6 Å². The lowest BCUT2D eigenvalue weighted by Gasteiger charge is -2.10. The van der Waals surface area contributed by atoms with Crippen molar-refractivity contribution in [2.75, 3.05) is 11.9 Å². The number of para-hydroxylation sites is 1. The van der Waals surface area contributed by atoms with Crippen molar-refractivity contribution in [1.82, 2.24) is 0 Å². The van der Waals surface area contributed by atoms with Crippen LogP contribution in [0.2, 0.25) is 0 Å². The molecule has 0 aliphatic heterocycles. The Bertz CT molecular complexity index is 540. The van der Waals surface area contributed by atoms with Crippen LogP contribution in [0.25, 0.3) is 0 Å². The number of alkyl halides is 3. The van der Waals surface area contributed by atoms with E-state index in [0.717, 1.165) is 0 Å². The molecule has 106 valence electrons. The highest BCUT2D eigenvalue weighted by molar-refractivity contribution is 5.49. The monoisotopic (exact) mass is 281 g/mol. The summed E-state index contributed by atoms with van der Waals surface area (Å²) in [5.41, 5.74) is 0.600. The number of rotatable bonds is 5. The number of ether oxygens (including phenoxy) is 1. The van der Waals surface area contributed by atoms with Gasteiger partial charge in [0.05, 0.1) is 6.42 Å². The molecule has 2 nitrogen and oxygen atoms in total. The zero-order chi connectivity index (χ0) is 14.4. The quantitative estimate of drug-likeness (QED) is 0.846. The molecule has 0 unspecified atom stereocenters. The van der Waals surface area contributed by atoms with Crippen molar-refractivity contribution in [2.24, 2.45) is 0 Å². The Labute approximate surface area is 115 Å². The van der Waals surface area contributed by atoms with E-state index in [-0.39, 0.29) is 6.54 Å². The highest BCUT2D eigenvalue weighted by atomic mass is 19.4. The van der Waals surface area contributed by atoms with E-state index in [9.17, 15) is 13.2 Å². The zero-order valence-electron chi connectivity index (χ0n) is 10.7. The molecule has 1 N–H and O–H groups in total. The minimum absolute atomic E-state index is 0.154. The Kier molecular flexibility index (Phi) is 4.50. The van der Waals surface area contributed by atoms with Crippen LogP contribution in [-0.2, 0) is 0 Å². The largest absolute Gasteiger partial charge is 0.457 e. The molecule has 0 heterocycles. The van der Waals surface area contributed by atoms with Gasteiger partial charge >= 0.3 is 6.18 Å². The third kappa shape index (κ3) is 4.84. The van der Waals surface area contributed by atoms with Crippen LogP contribution < -0.4 is 10.1 Å². The lowest BCUT2D eigenvalue weighted by molar-refractivity contribution is -0.131. The maximum absolute atomic E-state index is 12.1. The number of hydrogen-bond donors (Lipinski definition) is 1. The van der Waals surface area contributed by atoms with Gasteiger partial charge in [0.15, 0.2) is 0 Å². The van der Waals surface area contributed by atoms with E-state index in [1.165, 1.54) is 0 Å². The number of benzene rings is 2. The maximum atomic E-state index is 12.1. The summed E-state index contributed by atoms with van der Waals surface area (Å²) in [5, 5.41) is 2.73. The third-order valence-electron chi connectivity index (χ3n) is 2.55. The van der Waals surface area contributed by atoms with Gasteiger partial charge in [-0.15, -0.1) is 0 Å². The summed E-state index contributed by atoms with van der Waals surface area (Å²) >= 11 is 0. The first-order valence-corrected chi connectivity index (χ1v) is 6.16. The molecule has 2 rings (SSSR count). The SMILES string of the molecule is FC(F)(F)CCNc1cccc(Oc2ccccc2)c1. The van der Waals surface area contributed by atoms with Crippen LogP contribution in [0.15, 0.2) is 54.6 Å². The molecule has 0 amide bonds. The van der Waals surface area contributed by atoms with Gasteiger partial charge in [-0.1, -0.05) is 24.3 Å². The van der Waals surface area contributed by atoms with Gasteiger partial charge in [-0.05, 0) is 24.3 Å². The molecule has 0 aromatic heterocycles. The fourth-order valence-electron chi connectivity index (χ4n) is 1.64. The van der Waals surface area contributed by atoms with Crippen LogP contribution in [0.3, 0.4) is 0 Å². The van der Waals surface area contributed by atoms with Crippen molar-refractivity contribution in [3.05, 3.63) is 54.6 Å². The van der Waals surface area contributed by atoms with Crippen LogP contribution in [0, 0.1) is 0 Å². The Morgan fingerprint density at radius 1 is 0.900 bits per heavy atom. The summed E-state index contributed by atoms with van der Waals surface area (Å²) in [5.74, 6) is 1.26. The van der Waals surface area contributed by atoms with Gasteiger partial charge in [-0.25, -0.2) is 0 Å². The molecule has 0 saturated carbocycles. The van der Waals surface area contributed by atoms with Crippen molar-refractivity contribution >= 4 is 5.69 Å². The average molecular weight is 281 g/mol.